The molecule has 0 amide bonds. The number of aryl methyl sites for hydroxylation is 1. The van der Waals surface area contributed by atoms with E-state index in [1.165, 1.54) is 4.31 Å². The van der Waals surface area contributed by atoms with E-state index in [0.29, 0.717) is 5.75 Å². The van der Waals surface area contributed by atoms with Crippen molar-refractivity contribution in [3.05, 3.63) is 71.3 Å². The molecule has 1 aliphatic rings. The summed E-state index contributed by atoms with van der Waals surface area (Å²) in [6.07, 6.45) is 3.88. The zero-order valence-electron chi connectivity index (χ0n) is 25.1. The van der Waals surface area contributed by atoms with E-state index in [4.69, 9.17) is 9.16 Å². The highest BCUT2D eigenvalue weighted by Crippen LogP contribution is 2.42. The first-order valence-corrected chi connectivity index (χ1v) is 17.9. The van der Waals surface area contributed by atoms with Crippen molar-refractivity contribution >= 4 is 18.3 Å². The Kier molecular flexibility index (Phi) is 9.60. The van der Waals surface area contributed by atoms with Crippen LogP contribution in [-0.4, -0.2) is 47.3 Å². The first-order chi connectivity index (χ1) is 18.0. The monoisotopic (exact) mass is 567 g/mol. The van der Waals surface area contributed by atoms with Crippen LogP contribution in [0.1, 0.15) is 58.6 Å². The molecule has 39 heavy (non-hydrogen) atoms. The third-order valence-corrected chi connectivity index (χ3v) is 14.0. The van der Waals surface area contributed by atoms with E-state index in [9.17, 15) is 8.42 Å². The van der Waals surface area contributed by atoms with E-state index < -0.39 is 18.3 Å². The highest BCUT2D eigenvalue weighted by Gasteiger charge is 2.41. The fourth-order valence-electron chi connectivity index (χ4n) is 4.59. The van der Waals surface area contributed by atoms with Gasteiger partial charge in [0.1, 0.15) is 5.75 Å². The number of ether oxygens (including phenoxy) is 1. The van der Waals surface area contributed by atoms with Crippen LogP contribution >= 0.6 is 0 Å². The van der Waals surface area contributed by atoms with Gasteiger partial charge in [-0.3, -0.25) is 0 Å². The van der Waals surface area contributed by atoms with Crippen molar-refractivity contribution in [3.63, 3.8) is 0 Å². The average molecular weight is 568 g/mol. The number of nitrogens with zero attached hydrogens (tertiary/aromatic N) is 1. The predicted molar refractivity (Wildman–Crippen MR) is 163 cm³/mol. The summed E-state index contributed by atoms with van der Waals surface area (Å²) in [7, 11) is -4.14. The lowest BCUT2D eigenvalue weighted by Gasteiger charge is -2.43. The SMILES string of the molecule is COc1cccc(C#CCN(CC2=CC(O[Si](C)(C)C(C)(C)C)CC(C)(C)C2)S(=O)(=O)c2ccc(C)cc2)c1. The van der Waals surface area contributed by atoms with Gasteiger partial charge in [-0.25, -0.2) is 8.42 Å². The van der Waals surface area contributed by atoms with Crippen LogP contribution in [0.2, 0.25) is 18.1 Å². The van der Waals surface area contributed by atoms with Crippen LogP contribution in [0, 0.1) is 24.2 Å². The predicted octanol–water partition coefficient (Wildman–Crippen LogP) is 7.18. The van der Waals surface area contributed by atoms with Gasteiger partial charge >= 0.3 is 0 Å². The molecule has 0 saturated heterocycles. The molecule has 0 aromatic heterocycles. The molecule has 0 aliphatic heterocycles. The van der Waals surface area contributed by atoms with Crippen molar-refractivity contribution in [2.45, 2.75) is 83.5 Å². The minimum Gasteiger partial charge on any atom is -0.497 e. The third-order valence-electron chi connectivity index (χ3n) is 7.73. The van der Waals surface area contributed by atoms with Crippen LogP contribution in [0.3, 0.4) is 0 Å². The van der Waals surface area contributed by atoms with Crippen LogP contribution < -0.4 is 4.74 Å². The van der Waals surface area contributed by atoms with Crippen molar-refractivity contribution in [1.29, 1.82) is 0 Å². The highest BCUT2D eigenvalue weighted by molar-refractivity contribution is 7.89. The smallest absolute Gasteiger partial charge is 0.244 e. The van der Waals surface area contributed by atoms with Gasteiger partial charge in [-0.05, 0) is 73.6 Å². The van der Waals surface area contributed by atoms with Crippen molar-refractivity contribution in [1.82, 2.24) is 4.31 Å². The molecule has 7 heteroatoms. The Bertz CT molecular complexity index is 1340. The van der Waals surface area contributed by atoms with E-state index >= 15 is 0 Å². The van der Waals surface area contributed by atoms with Crippen LogP contribution in [0.15, 0.2) is 65.1 Å². The Labute approximate surface area is 237 Å². The summed E-state index contributed by atoms with van der Waals surface area (Å²) in [6.45, 7) is 18.1. The molecule has 0 radical (unpaired) electrons. The molecule has 0 N–H and O–H groups in total. The van der Waals surface area contributed by atoms with Gasteiger partial charge in [0.25, 0.3) is 0 Å². The molecule has 0 heterocycles. The lowest BCUT2D eigenvalue weighted by Crippen LogP contribution is -2.45. The molecule has 0 saturated carbocycles. The number of hydrogen-bond donors (Lipinski definition) is 0. The summed E-state index contributed by atoms with van der Waals surface area (Å²) < 4.78 is 41.3. The number of benzene rings is 2. The zero-order valence-corrected chi connectivity index (χ0v) is 26.9. The minimum absolute atomic E-state index is 0.00265. The zero-order chi connectivity index (χ0) is 29.1. The maximum atomic E-state index is 13.8. The van der Waals surface area contributed by atoms with Crippen LogP contribution in [0.25, 0.3) is 0 Å². The summed E-state index contributed by atoms with van der Waals surface area (Å²) >= 11 is 0. The molecule has 2 aromatic rings. The van der Waals surface area contributed by atoms with E-state index in [2.05, 4.69) is 65.6 Å². The summed E-state index contributed by atoms with van der Waals surface area (Å²) in [5.74, 6) is 6.94. The molecular weight excluding hydrogens is 523 g/mol. The van der Waals surface area contributed by atoms with Gasteiger partial charge in [0.05, 0.1) is 24.7 Å². The Hall–Kier alpha value is -2.37. The molecule has 2 aromatic carbocycles. The second-order valence-corrected chi connectivity index (χ2v) is 19.6. The molecule has 212 valence electrons. The van der Waals surface area contributed by atoms with Crippen molar-refractivity contribution in [3.8, 4) is 17.6 Å². The van der Waals surface area contributed by atoms with Gasteiger partial charge in [0, 0.05) is 12.1 Å². The number of sulfonamides is 1. The van der Waals surface area contributed by atoms with Gasteiger partial charge in [-0.2, -0.15) is 4.31 Å². The normalized spacial score (nSPS) is 17.8. The molecule has 3 rings (SSSR count). The molecule has 1 unspecified atom stereocenters. The van der Waals surface area contributed by atoms with Crippen molar-refractivity contribution < 1.29 is 17.6 Å². The second-order valence-electron chi connectivity index (χ2n) is 12.9. The van der Waals surface area contributed by atoms with Crippen molar-refractivity contribution in [2.75, 3.05) is 20.2 Å². The number of hydrogen-bond acceptors (Lipinski definition) is 4. The topological polar surface area (TPSA) is 55.8 Å². The number of rotatable bonds is 8. The van der Waals surface area contributed by atoms with E-state index in [1.807, 2.05) is 43.3 Å². The third kappa shape index (κ3) is 8.31. The van der Waals surface area contributed by atoms with Gasteiger partial charge in [-0.15, -0.1) is 0 Å². The van der Waals surface area contributed by atoms with Crippen LogP contribution in [0.5, 0.6) is 5.75 Å². The quantitative estimate of drug-likeness (QED) is 0.193. The Morgan fingerprint density at radius 3 is 2.38 bits per heavy atom. The highest BCUT2D eigenvalue weighted by atomic mass is 32.2. The average Bonchev–Trinajstić information content (AvgIpc) is 2.82. The standard InChI is InChI=1S/C32H45NO4SSi/c1-25-15-17-30(18-16-25)38(34,35)33(19-11-13-26-12-10-14-28(20-26)36-7)24-27-21-29(23-32(5,6)22-27)37-39(8,9)31(2,3)4/h10,12,14-18,20-21,29H,19,22-24H2,1-9H3. The molecule has 0 spiro atoms. The van der Waals surface area contributed by atoms with E-state index in [1.54, 1.807) is 19.2 Å². The van der Waals surface area contributed by atoms with Gasteiger partial charge in [0.2, 0.25) is 10.0 Å². The fraction of sp³-hybridized carbons (Fsp3) is 0.500. The molecule has 0 bridgehead atoms. The van der Waals surface area contributed by atoms with Crippen LogP contribution in [-0.2, 0) is 14.4 Å². The lowest BCUT2D eigenvalue weighted by atomic mass is 9.76. The second kappa shape index (κ2) is 12.0. The molecule has 0 fully saturated rings. The maximum Gasteiger partial charge on any atom is 0.244 e. The van der Waals surface area contributed by atoms with E-state index in [-0.39, 0.29) is 34.5 Å². The Balaban J connectivity index is 1.95. The van der Waals surface area contributed by atoms with Gasteiger partial charge in [-0.1, -0.05) is 81.9 Å². The van der Waals surface area contributed by atoms with Crippen LogP contribution in [0.4, 0.5) is 0 Å². The first-order valence-electron chi connectivity index (χ1n) is 13.6. The summed E-state index contributed by atoms with van der Waals surface area (Å²) in [5, 5.41) is 0.0963. The molecule has 1 aliphatic carbocycles. The summed E-state index contributed by atoms with van der Waals surface area (Å²) in [6, 6.07) is 14.5. The van der Waals surface area contributed by atoms with E-state index in [0.717, 1.165) is 29.5 Å². The maximum absolute atomic E-state index is 13.8. The Morgan fingerprint density at radius 1 is 1.10 bits per heavy atom. The van der Waals surface area contributed by atoms with Crippen molar-refractivity contribution in [2.24, 2.45) is 5.41 Å². The molecule has 5 nitrogen and oxygen atoms in total. The number of methoxy groups -OCH3 is 1. The summed E-state index contributed by atoms with van der Waals surface area (Å²) in [4.78, 5) is 0.279. The van der Waals surface area contributed by atoms with Gasteiger partial charge in [0.15, 0.2) is 8.32 Å². The lowest BCUT2D eigenvalue weighted by molar-refractivity contribution is 0.142. The molecular formula is C32H45NO4SSi. The fourth-order valence-corrected chi connectivity index (χ4v) is 7.20. The molecule has 1 atom stereocenters. The largest absolute Gasteiger partial charge is 0.497 e. The Morgan fingerprint density at radius 2 is 1.77 bits per heavy atom. The first kappa shape index (κ1) is 31.2. The summed E-state index contributed by atoms with van der Waals surface area (Å²) in [5.41, 5.74) is 2.88. The minimum atomic E-state index is -3.76. The van der Waals surface area contributed by atoms with Gasteiger partial charge < -0.3 is 9.16 Å².